The number of rotatable bonds is 4. The molecule has 0 unspecified atom stereocenters. The van der Waals surface area contributed by atoms with Crippen molar-refractivity contribution in [2.75, 3.05) is 0 Å². The first-order valence-electron chi connectivity index (χ1n) is 5.78. The van der Waals surface area contributed by atoms with Crippen LogP contribution in [0, 0.1) is 6.92 Å². The van der Waals surface area contributed by atoms with E-state index in [-0.39, 0.29) is 11.5 Å². The van der Waals surface area contributed by atoms with Crippen molar-refractivity contribution in [1.82, 2.24) is 0 Å². The smallest absolute Gasteiger partial charge is 0.262 e. The van der Waals surface area contributed by atoms with Gasteiger partial charge in [0.2, 0.25) is 0 Å². The first-order chi connectivity index (χ1) is 9.37. The summed E-state index contributed by atoms with van der Waals surface area (Å²) in [4.78, 5) is 0.122. The zero-order valence-electron chi connectivity index (χ0n) is 10.6. The molecule has 0 aromatic heterocycles. The second-order valence-electron chi connectivity index (χ2n) is 4.31. The van der Waals surface area contributed by atoms with Gasteiger partial charge in [-0.25, -0.2) is 0 Å². The van der Waals surface area contributed by atoms with Gasteiger partial charge in [-0.15, -0.1) is 0 Å². The second kappa shape index (κ2) is 6.14. The van der Waals surface area contributed by atoms with Gasteiger partial charge in [0.05, 0.1) is 11.5 Å². The van der Waals surface area contributed by atoms with Crippen LogP contribution in [0.15, 0.2) is 47.4 Å². The van der Waals surface area contributed by atoms with Crippen molar-refractivity contribution in [3.8, 4) is 0 Å². The van der Waals surface area contributed by atoms with E-state index in [1.807, 2.05) is 6.92 Å². The standard InChI is InChI=1S/C14H12Cl2O3S/c1-10-2-4-14(5-3-10)20(17,18)19-9-11-6-12(15)8-13(16)7-11/h2-8H,9H2,1H3. The van der Waals surface area contributed by atoms with Gasteiger partial charge in [0.1, 0.15) is 0 Å². The number of halogens is 2. The number of aryl methyl sites for hydroxylation is 1. The Kier molecular flexibility index (Phi) is 4.70. The Morgan fingerprint density at radius 2 is 1.55 bits per heavy atom. The summed E-state index contributed by atoms with van der Waals surface area (Å²) in [5.41, 5.74) is 1.57. The Morgan fingerprint density at radius 3 is 2.10 bits per heavy atom. The summed E-state index contributed by atoms with van der Waals surface area (Å²) in [6.45, 7) is 1.77. The fourth-order valence-corrected chi connectivity index (χ4v) is 3.08. The van der Waals surface area contributed by atoms with E-state index in [9.17, 15) is 8.42 Å². The van der Waals surface area contributed by atoms with E-state index in [1.165, 1.54) is 12.1 Å². The van der Waals surface area contributed by atoms with Crippen LogP contribution in [0.4, 0.5) is 0 Å². The molecule has 20 heavy (non-hydrogen) atoms. The molecule has 0 atom stereocenters. The molecule has 0 heterocycles. The zero-order chi connectivity index (χ0) is 14.8. The minimum Gasteiger partial charge on any atom is -0.262 e. The Hall–Kier alpha value is -1.07. The molecule has 0 fully saturated rings. The van der Waals surface area contributed by atoms with Crippen LogP contribution >= 0.6 is 23.2 Å². The fourth-order valence-electron chi connectivity index (χ4n) is 1.61. The van der Waals surface area contributed by atoms with Crippen LogP contribution in [-0.4, -0.2) is 8.42 Å². The highest BCUT2D eigenvalue weighted by Gasteiger charge is 2.15. The molecule has 106 valence electrons. The van der Waals surface area contributed by atoms with Gasteiger partial charge < -0.3 is 0 Å². The van der Waals surface area contributed by atoms with Gasteiger partial charge in [-0.3, -0.25) is 4.18 Å². The maximum atomic E-state index is 12.0. The lowest BCUT2D eigenvalue weighted by Gasteiger charge is -2.07. The van der Waals surface area contributed by atoms with Gasteiger partial charge >= 0.3 is 0 Å². The van der Waals surface area contributed by atoms with E-state index >= 15 is 0 Å². The molecule has 3 nitrogen and oxygen atoms in total. The lowest BCUT2D eigenvalue weighted by molar-refractivity contribution is 0.308. The molecule has 0 saturated heterocycles. The van der Waals surface area contributed by atoms with Crippen molar-refractivity contribution < 1.29 is 12.6 Å². The average Bonchev–Trinajstić information content (AvgIpc) is 2.36. The van der Waals surface area contributed by atoms with Crippen molar-refractivity contribution >= 4 is 33.3 Å². The van der Waals surface area contributed by atoms with E-state index in [1.54, 1.807) is 30.3 Å². The van der Waals surface area contributed by atoms with Gasteiger partial charge in [0.25, 0.3) is 10.1 Å². The van der Waals surface area contributed by atoms with E-state index in [2.05, 4.69) is 0 Å². The average molecular weight is 331 g/mol. The molecule has 2 aromatic rings. The Morgan fingerprint density at radius 1 is 1.00 bits per heavy atom. The maximum absolute atomic E-state index is 12.0. The maximum Gasteiger partial charge on any atom is 0.297 e. The van der Waals surface area contributed by atoms with Crippen LogP contribution in [0.5, 0.6) is 0 Å². The summed E-state index contributed by atoms with van der Waals surface area (Å²) in [5.74, 6) is 0. The van der Waals surface area contributed by atoms with Crippen LogP contribution in [0.3, 0.4) is 0 Å². The van der Waals surface area contributed by atoms with Crippen molar-refractivity contribution in [2.24, 2.45) is 0 Å². The Balaban J connectivity index is 2.15. The van der Waals surface area contributed by atoms with Crippen molar-refractivity contribution in [3.05, 3.63) is 63.6 Å². The van der Waals surface area contributed by atoms with Gasteiger partial charge in [0.15, 0.2) is 0 Å². The first kappa shape index (κ1) is 15.3. The van der Waals surface area contributed by atoms with Gasteiger partial charge in [-0.2, -0.15) is 8.42 Å². The zero-order valence-corrected chi connectivity index (χ0v) is 13.0. The van der Waals surface area contributed by atoms with Crippen LogP contribution < -0.4 is 0 Å². The first-order valence-corrected chi connectivity index (χ1v) is 7.94. The third kappa shape index (κ3) is 3.96. The number of benzene rings is 2. The molecular weight excluding hydrogens is 319 g/mol. The van der Waals surface area contributed by atoms with E-state index < -0.39 is 10.1 Å². The largest absolute Gasteiger partial charge is 0.297 e. The lowest BCUT2D eigenvalue weighted by Crippen LogP contribution is -2.06. The van der Waals surface area contributed by atoms with Gasteiger partial charge in [0, 0.05) is 10.0 Å². The topological polar surface area (TPSA) is 43.4 Å². The molecule has 0 spiro atoms. The molecule has 2 rings (SSSR count). The van der Waals surface area contributed by atoms with E-state index in [0.29, 0.717) is 15.6 Å². The number of hydrogen-bond acceptors (Lipinski definition) is 3. The highest BCUT2D eigenvalue weighted by Crippen LogP contribution is 2.21. The highest BCUT2D eigenvalue weighted by molar-refractivity contribution is 7.86. The van der Waals surface area contributed by atoms with Gasteiger partial charge in [-0.05, 0) is 42.8 Å². The van der Waals surface area contributed by atoms with E-state index in [0.717, 1.165) is 5.56 Å². The minimum atomic E-state index is -3.79. The molecule has 0 saturated carbocycles. The SMILES string of the molecule is Cc1ccc(S(=O)(=O)OCc2cc(Cl)cc(Cl)c2)cc1. The quantitative estimate of drug-likeness (QED) is 0.789. The predicted molar refractivity (Wildman–Crippen MR) is 79.6 cm³/mol. The van der Waals surface area contributed by atoms with E-state index in [4.69, 9.17) is 27.4 Å². The molecule has 0 radical (unpaired) electrons. The highest BCUT2D eigenvalue weighted by atomic mass is 35.5. The molecule has 0 aliphatic carbocycles. The summed E-state index contributed by atoms with van der Waals surface area (Å²) in [6, 6.07) is 11.2. The van der Waals surface area contributed by atoms with Crippen LogP contribution in [0.2, 0.25) is 10.0 Å². The molecule has 0 N–H and O–H groups in total. The van der Waals surface area contributed by atoms with Gasteiger partial charge in [-0.1, -0.05) is 40.9 Å². The number of hydrogen-bond donors (Lipinski definition) is 0. The fraction of sp³-hybridized carbons (Fsp3) is 0.143. The second-order valence-corrected chi connectivity index (χ2v) is 6.80. The molecule has 0 bridgehead atoms. The molecule has 0 aliphatic rings. The monoisotopic (exact) mass is 330 g/mol. The molecular formula is C14H12Cl2O3S. The lowest BCUT2D eigenvalue weighted by atomic mass is 10.2. The summed E-state index contributed by atoms with van der Waals surface area (Å²) in [6.07, 6.45) is 0. The Bertz CT molecular complexity index is 689. The normalized spacial score (nSPS) is 11.6. The van der Waals surface area contributed by atoms with Crippen molar-refractivity contribution in [3.63, 3.8) is 0 Å². The Labute approximate surface area is 128 Å². The van der Waals surface area contributed by atoms with Crippen molar-refractivity contribution in [1.29, 1.82) is 0 Å². The minimum absolute atomic E-state index is 0.115. The summed E-state index contributed by atoms with van der Waals surface area (Å²) in [5, 5.41) is 0.868. The predicted octanol–water partition coefficient (Wildman–Crippen LogP) is 4.21. The summed E-state index contributed by atoms with van der Waals surface area (Å²) >= 11 is 11.7. The third-order valence-electron chi connectivity index (χ3n) is 2.61. The van der Waals surface area contributed by atoms with Crippen LogP contribution in [0.1, 0.15) is 11.1 Å². The molecule has 2 aromatic carbocycles. The molecule has 0 amide bonds. The van der Waals surface area contributed by atoms with Crippen LogP contribution in [0.25, 0.3) is 0 Å². The summed E-state index contributed by atoms with van der Waals surface area (Å²) in [7, 11) is -3.79. The molecule has 6 heteroatoms. The van der Waals surface area contributed by atoms with Crippen molar-refractivity contribution in [2.45, 2.75) is 18.4 Å². The van der Waals surface area contributed by atoms with Crippen LogP contribution in [-0.2, 0) is 20.9 Å². The summed E-state index contributed by atoms with van der Waals surface area (Å²) < 4.78 is 29.0. The molecule has 0 aliphatic heterocycles. The third-order valence-corrected chi connectivity index (χ3v) is 4.33.